The van der Waals surface area contributed by atoms with E-state index < -0.39 is 35.6 Å². The maximum Gasteiger partial charge on any atom is 0.412 e. The van der Waals surface area contributed by atoms with Crippen molar-refractivity contribution in [1.82, 2.24) is 10.2 Å². The standard InChI is InChI=1S/C23H23ClN4O7/c24-14-3-6-17-16(11-14)23(35-22(34)27-17)8-9-28(12-23)20(31)18(7-10-29)26-19(30)13-1-4-15(5-2-13)25-21(32)33/h1-6,11,18,25,29H,7-10,12H2,(H,26,30)(H,27,34)(H,32,33)/t18-,23-/m0/s1. The predicted molar refractivity (Wildman–Crippen MR) is 125 cm³/mol. The second-order valence-corrected chi connectivity index (χ2v) is 8.69. The molecule has 0 aliphatic carbocycles. The number of aliphatic hydroxyl groups excluding tert-OH is 1. The third-order valence-corrected chi connectivity index (χ3v) is 6.20. The molecule has 0 saturated carbocycles. The highest BCUT2D eigenvalue weighted by atomic mass is 35.5. The molecule has 2 aromatic carbocycles. The number of carbonyl (C=O) groups excluding carboxylic acids is 3. The van der Waals surface area contributed by atoms with Crippen molar-refractivity contribution in [3.05, 3.63) is 58.6 Å². The minimum absolute atomic E-state index is 0.0174. The van der Waals surface area contributed by atoms with E-state index in [-0.39, 0.29) is 37.4 Å². The molecular weight excluding hydrogens is 480 g/mol. The van der Waals surface area contributed by atoms with Gasteiger partial charge in [0.1, 0.15) is 6.04 Å². The highest BCUT2D eigenvalue weighted by Gasteiger charge is 2.49. The molecule has 2 aliphatic heterocycles. The number of benzene rings is 2. The van der Waals surface area contributed by atoms with Gasteiger partial charge in [0, 0.05) is 41.4 Å². The van der Waals surface area contributed by atoms with Crippen LogP contribution in [0.5, 0.6) is 0 Å². The second-order valence-electron chi connectivity index (χ2n) is 8.25. The number of fused-ring (bicyclic) bond motifs is 2. The summed E-state index contributed by atoms with van der Waals surface area (Å²) in [6.07, 6.45) is -1.54. The number of amides is 4. The summed E-state index contributed by atoms with van der Waals surface area (Å²) in [5.41, 5.74) is 0.652. The molecule has 184 valence electrons. The van der Waals surface area contributed by atoms with Gasteiger partial charge in [-0.25, -0.2) is 9.59 Å². The van der Waals surface area contributed by atoms with Crippen molar-refractivity contribution in [3.63, 3.8) is 0 Å². The van der Waals surface area contributed by atoms with Gasteiger partial charge in [-0.2, -0.15) is 0 Å². The first kappa shape index (κ1) is 24.3. The minimum atomic E-state index is -1.23. The van der Waals surface area contributed by atoms with Crippen molar-refractivity contribution in [3.8, 4) is 0 Å². The fourth-order valence-corrected chi connectivity index (χ4v) is 4.49. The lowest BCUT2D eigenvalue weighted by molar-refractivity contribution is -0.133. The van der Waals surface area contributed by atoms with E-state index in [1.54, 1.807) is 18.2 Å². The Labute approximate surface area is 205 Å². The molecular formula is C23H23ClN4O7. The number of hydrogen-bond acceptors (Lipinski definition) is 6. The molecule has 35 heavy (non-hydrogen) atoms. The van der Waals surface area contributed by atoms with Crippen molar-refractivity contribution < 1.29 is 34.1 Å². The first-order valence-electron chi connectivity index (χ1n) is 10.8. The normalized spacial score (nSPS) is 19.4. The van der Waals surface area contributed by atoms with Crippen LogP contribution in [0, 0.1) is 0 Å². The maximum absolute atomic E-state index is 13.3. The molecule has 5 N–H and O–H groups in total. The number of aliphatic hydroxyl groups is 1. The third kappa shape index (κ3) is 5.15. The summed E-state index contributed by atoms with van der Waals surface area (Å²) in [6, 6.07) is 9.68. The lowest BCUT2D eigenvalue weighted by Crippen LogP contribution is -2.50. The van der Waals surface area contributed by atoms with Gasteiger partial charge in [-0.1, -0.05) is 11.6 Å². The summed E-state index contributed by atoms with van der Waals surface area (Å²) >= 11 is 6.16. The molecule has 4 amide bonds. The Hall–Kier alpha value is -3.83. The van der Waals surface area contributed by atoms with E-state index in [1.807, 2.05) is 0 Å². The van der Waals surface area contributed by atoms with Crippen LogP contribution in [0.25, 0.3) is 0 Å². The van der Waals surface area contributed by atoms with Gasteiger partial charge in [0.25, 0.3) is 5.91 Å². The van der Waals surface area contributed by atoms with E-state index in [1.165, 1.54) is 29.2 Å². The number of nitrogens with one attached hydrogen (secondary N) is 3. The molecule has 0 unspecified atom stereocenters. The van der Waals surface area contributed by atoms with E-state index >= 15 is 0 Å². The molecule has 0 bridgehead atoms. The van der Waals surface area contributed by atoms with Crippen LogP contribution in [-0.2, 0) is 15.1 Å². The van der Waals surface area contributed by atoms with Gasteiger partial charge >= 0.3 is 12.2 Å². The average molecular weight is 503 g/mol. The van der Waals surface area contributed by atoms with Crippen LogP contribution in [-0.4, -0.2) is 64.9 Å². The average Bonchev–Trinajstić information content (AvgIpc) is 3.23. The van der Waals surface area contributed by atoms with E-state index in [4.69, 9.17) is 21.4 Å². The lowest BCUT2D eigenvalue weighted by atomic mass is 9.90. The van der Waals surface area contributed by atoms with Crippen molar-refractivity contribution in [2.45, 2.75) is 24.5 Å². The molecule has 2 heterocycles. The van der Waals surface area contributed by atoms with Crippen LogP contribution < -0.4 is 16.0 Å². The summed E-state index contributed by atoms with van der Waals surface area (Å²) in [6.45, 7) is -0.000143. The zero-order valence-corrected chi connectivity index (χ0v) is 19.2. The molecule has 2 aliphatic rings. The first-order valence-corrected chi connectivity index (χ1v) is 11.2. The quantitative estimate of drug-likeness (QED) is 0.406. The second kappa shape index (κ2) is 9.80. The van der Waals surface area contributed by atoms with E-state index in [9.17, 15) is 24.3 Å². The molecule has 2 aromatic rings. The first-order chi connectivity index (χ1) is 16.7. The molecule has 1 spiro atoms. The van der Waals surface area contributed by atoms with Gasteiger partial charge in [-0.3, -0.25) is 20.2 Å². The minimum Gasteiger partial charge on any atom is -0.465 e. The topological polar surface area (TPSA) is 157 Å². The third-order valence-electron chi connectivity index (χ3n) is 5.96. The maximum atomic E-state index is 13.3. The fourth-order valence-electron chi connectivity index (χ4n) is 4.32. The smallest absolute Gasteiger partial charge is 0.412 e. The number of ether oxygens (including phenoxy) is 1. The van der Waals surface area contributed by atoms with Crippen LogP contribution in [0.3, 0.4) is 0 Å². The Kier molecular flexibility index (Phi) is 6.81. The molecule has 2 atom stereocenters. The Morgan fingerprint density at radius 3 is 2.63 bits per heavy atom. The number of carboxylic acid groups (broad SMARTS) is 1. The van der Waals surface area contributed by atoms with E-state index in [2.05, 4.69) is 16.0 Å². The Morgan fingerprint density at radius 1 is 1.20 bits per heavy atom. The number of rotatable bonds is 6. The molecule has 11 nitrogen and oxygen atoms in total. The summed E-state index contributed by atoms with van der Waals surface area (Å²) in [7, 11) is 0. The number of anilines is 2. The van der Waals surface area contributed by atoms with Gasteiger partial charge in [0.2, 0.25) is 5.91 Å². The predicted octanol–water partition coefficient (Wildman–Crippen LogP) is 2.60. The van der Waals surface area contributed by atoms with Crippen LogP contribution in [0.1, 0.15) is 28.8 Å². The number of nitrogens with zero attached hydrogens (tertiary/aromatic N) is 1. The van der Waals surface area contributed by atoms with Crippen LogP contribution in [0.2, 0.25) is 5.02 Å². The molecule has 1 saturated heterocycles. The van der Waals surface area contributed by atoms with Crippen molar-refractivity contribution in [2.24, 2.45) is 0 Å². The van der Waals surface area contributed by atoms with Crippen LogP contribution >= 0.6 is 11.6 Å². The summed E-state index contributed by atoms with van der Waals surface area (Å²) in [4.78, 5) is 50.4. The van der Waals surface area contributed by atoms with Gasteiger partial charge < -0.3 is 25.2 Å². The number of halogens is 1. The highest BCUT2D eigenvalue weighted by Crippen LogP contribution is 2.43. The molecule has 12 heteroatoms. The Bertz CT molecular complexity index is 1170. The van der Waals surface area contributed by atoms with Gasteiger partial charge in [0.15, 0.2) is 5.60 Å². The summed E-state index contributed by atoms with van der Waals surface area (Å²) < 4.78 is 5.64. The molecule has 0 radical (unpaired) electrons. The van der Waals surface area contributed by atoms with Crippen LogP contribution in [0.15, 0.2) is 42.5 Å². The largest absolute Gasteiger partial charge is 0.465 e. The number of likely N-dealkylation sites (tertiary alicyclic amines) is 1. The van der Waals surface area contributed by atoms with Crippen molar-refractivity contribution in [1.29, 1.82) is 0 Å². The Balaban J connectivity index is 1.49. The van der Waals surface area contributed by atoms with E-state index in [0.29, 0.717) is 22.7 Å². The number of carbonyl (C=O) groups is 4. The monoisotopic (exact) mass is 502 g/mol. The zero-order chi connectivity index (χ0) is 25.2. The molecule has 4 rings (SSSR count). The van der Waals surface area contributed by atoms with Gasteiger partial charge in [-0.15, -0.1) is 0 Å². The summed E-state index contributed by atoms with van der Waals surface area (Å²) in [5.74, 6) is -0.982. The Morgan fingerprint density at radius 2 is 1.94 bits per heavy atom. The van der Waals surface area contributed by atoms with Crippen molar-refractivity contribution >= 4 is 47.0 Å². The van der Waals surface area contributed by atoms with Crippen LogP contribution in [0.4, 0.5) is 21.0 Å². The summed E-state index contributed by atoms with van der Waals surface area (Å²) in [5, 5.41) is 26.2. The molecule has 0 aromatic heterocycles. The molecule has 1 fully saturated rings. The zero-order valence-electron chi connectivity index (χ0n) is 18.4. The van der Waals surface area contributed by atoms with E-state index in [0.717, 1.165) is 0 Å². The van der Waals surface area contributed by atoms with Gasteiger partial charge in [0.05, 0.1) is 12.2 Å². The van der Waals surface area contributed by atoms with Crippen molar-refractivity contribution in [2.75, 3.05) is 30.3 Å². The van der Waals surface area contributed by atoms with Gasteiger partial charge in [-0.05, 0) is 48.9 Å². The SMILES string of the molecule is O=C(O)Nc1ccc(C(=O)N[C@@H](CCO)C(=O)N2CC[C@@]3(C2)OC(=O)Nc2ccc(Cl)cc23)cc1. The lowest BCUT2D eigenvalue weighted by Gasteiger charge is -2.35. The number of hydrogen-bond donors (Lipinski definition) is 5. The fraction of sp³-hybridized carbons (Fsp3) is 0.304. The highest BCUT2D eigenvalue weighted by molar-refractivity contribution is 6.30.